The first-order chi connectivity index (χ1) is 14.7. The van der Waals surface area contributed by atoms with Crippen LogP contribution in [0.4, 0.5) is 5.82 Å². The van der Waals surface area contributed by atoms with E-state index in [1.165, 1.54) is 0 Å². The molecule has 1 fully saturated rings. The van der Waals surface area contributed by atoms with E-state index in [0.29, 0.717) is 10.8 Å². The fourth-order valence-corrected chi connectivity index (χ4v) is 5.26. The number of rotatable bonds is 8. The van der Waals surface area contributed by atoms with E-state index in [1.54, 1.807) is 0 Å². The fraction of sp³-hybridized carbons (Fsp3) is 0.600. The number of aliphatic hydroxyl groups is 2. The van der Waals surface area contributed by atoms with Crippen molar-refractivity contribution in [3.8, 4) is 0 Å². The highest BCUT2D eigenvalue weighted by molar-refractivity contribution is 7.66. The Morgan fingerprint density at radius 3 is 2.40 bits per heavy atom. The van der Waals surface area contributed by atoms with Gasteiger partial charge in [-0.05, 0) is 6.85 Å². The van der Waals surface area contributed by atoms with Crippen LogP contribution in [0.2, 0.25) is 0 Å². The second-order valence-corrected chi connectivity index (χ2v) is 10.1. The van der Waals surface area contributed by atoms with E-state index in [-0.39, 0.29) is 0 Å². The van der Waals surface area contributed by atoms with Crippen LogP contribution in [0.1, 0.15) is 15.9 Å². The van der Waals surface area contributed by atoms with Crippen LogP contribution in [0.25, 0.3) is 0 Å². The lowest BCUT2D eigenvalue weighted by atomic mass is 10.1. The Hall–Kier alpha value is -1.03. The number of nitrogen functional groups attached to an aromatic ring is 1. The molecule has 1 aliphatic rings. The van der Waals surface area contributed by atoms with Crippen molar-refractivity contribution in [3.05, 3.63) is 22.2 Å². The molecule has 0 saturated carbocycles. The van der Waals surface area contributed by atoms with Crippen molar-refractivity contribution in [1.29, 1.82) is 0 Å². The predicted molar refractivity (Wildman–Crippen MR) is 93.4 cm³/mol. The first kappa shape index (κ1) is 20.8. The Morgan fingerprint density at radius 1 is 1.20 bits per heavy atom. The average molecular weight is 501 g/mol. The molecule has 0 amide bonds. The number of hydrogen-bond acceptors (Lipinski definition) is 12. The molecule has 1 saturated heterocycles. The minimum atomic E-state index is -5.79. The molecule has 30 heavy (non-hydrogen) atoms. The second-order valence-electron chi connectivity index (χ2n) is 5.66. The Kier molecular flexibility index (Phi) is 6.14. The van der Waals surface area contributed by atoms with Crippen molar-refractivity contribution in [2.75, 3.05) is 12.3 Å². The third kappa shape index (κ3) is 6.48. The van der Waals surface area contributed by atoms with Gasteiger partial charge in [0.1, 0.15) is 24.1 Å². The van der Waals surface area contributed by atoms with Crippen molar-refractivity contribution in [2.45, 2.75) is 31.4 Å². The molecule has 0 radical (unpaired) electrons. The highest BCUT2D eigenvalue weighted by Crippen LogP contribution is 2.66. The van der Waals surface area contributed by atoms with Crippen LogP contribution in [0.15, 0.2) is 11.0 Å². The lowest BCUT2D eigenvalue weighted by Crippen LogP contribution is -2.36. The molecule has 0 bridgehead atoms. The summed E-state index contributed by atoms with van der Waals surface area (Å²) in [5, 5.41) is 20.2. The SMILES string of the molecule is [2H][13C]([2H])([2H])c1cn([C@@H]2O[C@H](COP(=O)(O)OP(=O)(O)OP(=O)(O)O)[C@@H](O)[C@H]2O)c(=O)nc1N. The summed E-state index contributed by atoms with van der Waals surface area (Å²) >= 11 is 0. The summed E-state index contributed by atoms with van der Waals surface area (Å²) in [6.45, 7) is -3.95. The van der Waals surface area contributed by atoms with Crippen molar-refractivity contribution >= 4 is 29.3 Å². The Morgan fingerprint density at radius 2 is 1.83 bits per heavy atom. The van der Waals surface area contributed by atoms with Crippen LogP contribution < -0.4 is 11.4 Å². The van der Waals surface area contributed by atoms with Crippen molar-refractivity contribution in [1.82, 2.24) is 9.55 Å². The van der Waals surface area contributed by atoms with Crippen LogP contribution in [0, 0.1) is 6.85 Å². The van der Waals surface area contributed by atoms with Gasteiger partial charge in [-0.15, -0.1) is 0 Å². The summed E-state index contributed by atoms with van der Waals surface area (Å²) in [5.74, 6) is -0.617. The van der Waals surface area contributed by atoms with Crippen molar-refractivity contribution in [3.63, 3.8) is 0 Å². The summed E-state index contributed by atoms with van der Waals surface area (Å²) in [6, 6.07) is 0. The minimum Gasteiger partial charge on any atom is -0.387 e. The summed E-state index contributed by atoms with van der Waals surface area (Å²) in [6.07, 6.45) is -6.59. The standard InChI is InChI=1S/C10H18N3O14P3/c1-4-2-13(10(16)12-8(4)11)9-7(15)6(14)5(25-9)3-24-29(20,21)27-30(22,23)26-28(17,18)19/h2,5-7,9,14-15H,3H2,1H3,(H,20,21)(H,22,23)(H2,11,12,16)(H2,17,18,19)/t5-,6-,7-,9-/m1/s1/i1+1D3. The highest BCUT2D eigenvalue weighted by Gasteiger charge is 2.46. The van der Waals surface area contributed by atoms with Gasteiger partial charge in [-0.25, -0.2) is 18.5 Å². The molecule has 2 heterocycles. The first-order valence-corrected chi connectivity index (χ1v) is 11.9. The fourth-order valence-electron chi connectivity index (χ4n) is 2.23. The summed E-state index contributed by atoms with van der Waals surface area (Å²) in [4.78, 5) is 50.9. The molecule has 172 valence electrons. The molecular weight excluding hydrogens is 480 g/mol. The summed E-state index contributed by atoms with van der Waals surface area (Å²) < 4.78 is 72.8. The van der Waals surface area contributed by atoms with Gasteiger partial charge in [0.25, 0.3) is 0 Å². The topological polar surface area (TPSA) is 270 Å². The van der Waals surface area contributed by atoms with Gasteiger partial charge in [0.2, 0.25) is 0 Å². The number of nitrogens with zero attached hydrogens (tertiary/aromatic N) is 2. The smallest absolute Gasteiger partial charge is 0.387 e. The average Bonchev–Trinajstić information content (AvgIpc) is 2.84. The molecule has 8 N–H and O–H groups in total. The van der Waals surface area contributed by atoms with Gasteiger partial charge in [-0.2, -0.15) is 13.6 Å². The third-order valence-electron chi connectivity index (χ3n) is 3.41. The quantitative estimate of drug-likeness (QED) is 0.151. The number of ether oxygens (including phenoxy) is 1. The number of aryl methyl sites for hydroxylation is 1. The maximum absolute atomic E-state index is 12.1. The molecule has 2 rings (SSSR count). The van der Waals surface area contributed by atoms with Gasteiger partial charge in [-0.1, -0.05) is 0 Å². The van der Waals surface area contributed by atoms with E-state index in [2.05, 4.69) is 18.1 Å². The molecule has 1 aliphatic heterocycles. The molecule has 1 aromatic heterocycles. The molecule has 20 heteroatoms. The molecule has 6 atom stereocenters. The van der Waals surface area contributed by atoms with Crippen LogP contribution in [0.5, 0.6) is 0 Å². The largest absolute Gasteiger partial charge is 0.490 e. The van der Waals surface area contributed by atoms with Gasteiger partial charge in [-0.3, -0.25) is 9.09 Å². The molecule has 0 aromatic carbocycles. The molecule has 17 nitrogen and oxygen atoms in total. The maximum atomic E-state index is 12.1. The van der Waals surface area contributed by atoms with Gasteiger partial charge < -0.3 is 40.3 Å². The zero-order chi connectivity index (χ0) is 25.6. The van der Waals surface area contributed by atoms with Crippen LogP contribution in [0.3, 0.4) is 0 Å². The monoisotopic (exact) mass is 501 g/mol. The predicted octanol–water partition coefficient (Wildman–Crippen LogP) is -1.90. The Balaban J connectivity index is 2.17. The zero-order valence-electron chi connectivity index (χ0n) is 17.4. The van der Waals surface area contributed by atoms with Gasteiger partial charge >= 0.3 is 29.2 Å². The van der Waals surface area contributed by atoms with E-state index in [9.17, 15) is 33.6 Å². The number of phosphoric ester groups is 1. The number of hydrogen-bond donors (Lipinski definition) is 7. The van der Waals surface area contributed by atoms with Crippen LogP contribution >= 0.6 is 23.5 Å². The lowest BCUT2D eigenvalue weighted by molar-refractivity contribution is -0.0542. The number of nitrogens with two attached hydrogens (primary N) is 1. The first-order valence-electron chi connectivity index (χ1n) is 8.91. The number of phosphoric acid groups is 3. The van der Waals surface area contributed by atoms with Gasteiger partial charge in [0.05, 0.1) is 6.61 Å². The normalized spacial score (nSPS) is 30.7. The van der Waals surface area contributed by atoms with Crippen LogP contribution in [-0.2, 0) is 31.6 Å². The number of aliphatic hydroxyl groups excluding tert-OH is 2. The van der Waals surface area contributed by atoms with E-state index in [4.69, 9.17) is 29.3 Å². The van der Waals surface area contributed by atoms with E-state index < -0.39 is 78.5 Å². The molecule has 0 aliphatic carbocycles. The Bertz CT molecular complexity index is 1090. The van der Waals surface area contributed by atoms with E-state index in [0.717, 1.165) is 0 Å². The summed E-state index contributed by atoms with van der Waals surface area (Å²) in [7, 11) is -17.0. The molecule has 0 spiro atoms. The van der Waals surface area contributed by atoms with Gasteiger partial charge in [0, 0.05) is 15.9 Å². The molecule has 1 aromatic rings. The molecule has 2 unspecified atom stereocenters. The van der Waals surface area contributed by atoms with E-state index in [1.807, 2.05) is 0 Å². The number of aromatic nitrogens is 2. The molecular formula is C10H18N3O14P3. The maximum Gasteiger partial charge on any atom is 0.490 e. The summed E-state index contributed by atoms with van der Waals surface area (Å²) in [5.41, 5.74) is 3.66. The Labute approximate surface area is 171 Å². The van der Waals surface area contributed by atoms with Gasteiger partial charge in [0.15, 0.2) is 6.23 Å². The minimum absolute atomic E-state index is 0.497. The van der Waals surface area contributed by atoms with Crippen molar-refractivity contribution < 1.29 is 65.5 Å². The highest BCUT2D eigenvalue weighted by atomic mass is 31.3. The van der Waals surface area contributed by atoms with E-state index >= 15 is 0 Å². The lowest BCUT2D eigenvalue weighted by Gasteiger charge is -2.19. The zero-order valence-corrected chi connectivity index (χ0v) is 17.0. The van der Waals surface area contributed by atoms with Crippen LogP contribution in [-0.4, -0.2) is 64.3 Å². The second kappa shape index (κ2) is 8.84. The number of anilines is 1. The van der Waals surface area contributed by atoms with Crippen molar-refractivity contribution in [2.24, 2.45) is 0 Å². The third-order valence-corrected chi connectivity index (χ3v) is 7.21.